The molecule has 0 fully saturated rings. The molecule has 0 spiro atoms. The van der Waals surface area contributed by atoms with Gasteiger partial charge in [-0.05, 0) is 0 Å². The first-order valence-electron chi connectivity index (χ1n) is 3.70. The molecule has 0 radical (unpaired) electrons. The van der Waals surface area contributed by atoms with Crippen LogP contribution in [0.25, 0.3) is 0 Å². The Hall–Kier alpha value is -0.570. The van der Waals surface area contributed by atoms with Crippen molar-refractivity contribution in [1.82, 2.24) is 10.5 Å². The highest BCUT2D eigenvalue weighted by Crippen LogP contribution is 2.18. The van der Waals surface area contributed by atoms with Gasteiger partial charge < -0.3 is 0 Å². The standard InChI is InChI=1S/C7H15N3/c1-4-8-10-6-7(2,3)5-9-10/h5,8H,4,6H2,1-3H3. The van der Waals surface area contributed by atoms with E-state index in [4.69, 9.17) is 0 Å². The van der Waals surface area contributed by atoms with Gasteiger partial charge in [-0.2, -0.15) is 5.10 Å². The van der Waals surface area contributed by atoms with Gasteiger partial charge in [-0.1, -0.05) is 20.8 Å². The van der Waals surface area contributed by atoms with Crippen molar-refractivity contribution in [2.75, 3.05) is 13.1 Å². The van der Waals surface area contributed by atoms with E-state index in [2.05, 4.69) is 31.3 Å². The van der Waals surface area contributed by atoms with E-state index in [0.29, 0.717) is 0 Å². The van der Waals surface area contributed by atoms with Gasteiger partial charge in [0.1, 0.15) is 0 Å². The Bertz CT molecular complexity index is 140. The lowest BCUT2D eigenvalue weighted by Gasteiger charge is -2.18. The number of rotatable bonds is 2. The molecule has 0 atom stereocenters. The van der Waals surface area contributed by atoms with Crippen LogP contribution in [-0.4, -0.2) is 24.4 Å². The van der Waals surface area contributed by atoms with Crippen LogP contribution in [0.15, 0.2) is 5.10 Å². The summed E-state index contributed by atoms with van der Waals surface area (Å²) in [5, 5.41) is 6.06. The lowest BCUT2D eigenvalue weighted by atomic mass is 9.97. The Balaban J connectivity index is 2.38. The molecule has 0 aromatic rings. The predicted molar refractivity (Wildman–Crippen MR) is 42.7 cm³/mol. The first-order chi connectivity index (χ1) is 4.64. The summed E-state index contributed by atoms with van der Waals surface area (Å²) in [6, 6.07) is 0. The zero-order valence-electron chi connectivity index (χ0n) is 6.89. The molecule has 0 unspecified atom stereocenters. The average molecular weight is 141 g/mol. The number of nitrogens with zero attached hydrogens (tertiary/aromatic N) is 2. The fourth-order valence-corrected chi connectivity index (χ4v) is 0.973. The van der Waals surface area contributed by atoms with E-state index < -0.39 is 0 Å². The van der Waals surface area contributed by atoms with E-state index in [0.717, 1.165) is 13.1 Å². The van der Waals surface area contributed by atoms with Crippen LogP contribution in [0.2, 0.25) is 0 Å². The summed E-state index contributed by atoms with van der Waals surface area (Å²) in [6.07, 6.45) is 1.98. The molecule has 1 rings (SSSR count). The Morgan fingerprint density at radius 2 is 2.40 bits per heavy atom. The van der Waals surface area contributed by atoms with Gasteiger partial charge in [0, 0.05) is 18.2 Å². The van der Waals surface area contributed by atoms with Crippen LogP contribution in [0.3, 0.4) is 0 Å². The number of nitrogens with one attached hydrogen (secondary N) is 1. The molecule has 58 valence electrons. The minimum atomic E-state index is 0.238. The van der Waals surface area contributed by atoms with Gasteiger partial charge >= 0.3 is 0 Å². The van der Waals surface area contributed by atoms with Crippen molar-refractivity contribution in [3.05, 3.63) is 0 Å². The molecule has 0 aromatic carbocycles. The third-order valence-corrected chi connectivity index (χ3v) is 1.44. The van der Waals surface area contributed by atoms with Crippen LogP contribution in [0.4, 0.5) is 0 Å². The zero-order valence-corrected chi connectivity index (χ0v) is 6.89. The number of hydrogen-bond donors (Lipinski definition) is 1. The second kappa shape index (κ2) is 2.58. The zero-order chi connectivity index (χ0) is 7.61. The smallest absolute Gasteiger partial charge is 0.0634 e. The van der Waals surface area contributed by atoms with E-state index >= 15 is 0 Å². The maximum Gasteiger partial charge on any atom is 0.0634 e. The summed E-state index contributed by atoms with van der Waals surface area (Å²) in [5.74, 6) is 0. The van der Waals surface area contributed by atoms with Crippen LogP contribution in [-0.2, 0) is 0 Å². The third-order valence-electron chi connectivity index (χ3n) is 1.44. The lowest BCUT2D eigenvalue weighted by Crippen LogP contribution is -2.35. The van der Waals surface area contributed by atoms with Crippen LogP contribution in [0, 0.1) is 5.41 Å². The summed E-state index contributed by atoms with van der Waals surface area (Å²) >= 11 is 0. The molecule has 1 N–H and O–H groups in total. The van der Waals surface area contributed by atoms with Crippen LogP contribution in [0.1, 0.15) is 20.8 Å². The molecule has 1 heterocycles. The van der Waals surface area contributed by atoms with Gasteiger partial charge in [-0.25, -0.2) is 10.5 Å². The predicted octanol–water partition coefficient (Wildman–Crippen LogP) is 0.838. The summed E-state index contributed by atoms with van der Waals surface area (Å²) in [4.78, 5) is 0. The molecular formula is C7H15N3. The highest BCUT2D eigenvalue weighted by Gasteiger charge is 2.24. The largest absolute Gasteiger partial charge is 0.229 e. The fraction of sp³-hybridized carbons (Fsp3) is 0.857. The van der Waals surface area contributed by atoms with Gasteiger partial charge in [0.05, 0.1) is 6.54 Å². The highest BCUT2D eigenvalue weighted by atomic mass is 15.7. The van der Waals surface area contributed by atoms with E-state index in [9.17, 15) is 0 Å². The monoisotopic (exact) mass is 141 g/mol. The van der Waals surface area contributed by atoms with Gasteiger partial charge in [0.2, 0.25) is 0 Å². The highest BCUT2D eigenvalue weighted by molar-refractivity contribution is 5.66. The molecule has 0 saturated heterocycles. The maximum absolute atomic E-state index is 4.18. The Morgan fingerprint density at radius 3 is 2.80 bits per heavy atom. The molecule has 0 saturated carbocycles. The first kappa shape index (κ1) is 7.54. The van der Waals surface area contributed by atoms with Gasteiger partial charge in [0.15, 0.2) is 0 Å². The number of hydrogen-bond acceptors (Lipinski definition) is 3. The van der Waals surface area contributed by atoms with E-state index in [1.165, 1.54) is 0 Å². The van der Waals surface area contributed by atoms with Crippen molar-refractivity contribution in [2.24, 2.45) is 10.5 Å². The molecular weight excluding hydrogens is 126 g/mol. The molecule has 0 amide bonds. The van der Waals surface area contributed by atoms with Crippen molar-refractivity contribution in [1.29, 1.82) is 0 Å². The molecule has 0 bridgehead atoms. The fourth-order valence-electron chi connectivity index (χ4n) is 0.973. The van der Waals surface area contributed by atoms with Crippen molar-refractivity contribution in [2.45, 2.75) is 20.8 Å². The third kappa shape index (κ3) is 1.70. The molecule has 3 nitrogen and oxygen atoms in total. The van der Waals surface area contributed by atoms with Crippen molar-refractivity contribution in [3.63, 3.8) is 0 Å². The average Bonchev–Trinajstić information content (AvgIpc) is 2.12. The van der Waals surface area contributed by atoms with Crippen LogP contribution < -0.4 is 5.43 Å². The van der Waals surface area contributed by atoms with Crippen LogP contribution >= 0.6 is 0 Å². The molecule has 1 aliphatic heterocycles. The summed E-state index contributed by atoms with van der Waals surface area (Å²) < 4.78 is 0. The molecule has 0 aliphatic carbocycles. The Kier molecular flexibility index (Phi) is 1.94. The molecule has 3 heteroatoms. The van der Waals surface area contributed by atoms with E-state index in [1.54, 1.807) is 0 Å². The summed E-state index contributed by atoms with van der Waals surface area (Å²) in [7, 11) is 0. The topological polar surface area (TPSA) is 27.6 Å². The van der Waals surface area contributed by atoms with E-state index in [-0.39, 0.29) is 5.41 Å². The van der Waals surface area contributed by atoms with Gasteiger partial charge in [-0.3, -0.25) is 0 Å². The second-order valence-electron chi connectivity index (χ2n) is 3.30. The van der Waals surface area contributed by atoms with Crippen LogP contribution in [0.5, 0.6) is 0 Å². The lowest BCUT2D eigenvalue weighted by molar-refractivity contribution is 0.189. The van der Waals surface area contributed by atoms with Gasteiger partial charge in [-0.15, -0.1) is 0 Å². The summed E-state index contributed by atoms with van der Waals surface area (Å²) in [5.41, 5.74) is 3.37. The summed E-state index contributed by atoms with van der Waals surface area (Å²) in [6.45, 7) is 8.33. The maximum atomic E-state index is 4.18. The SMILES string of the molecule is CCNN1CC(C)(C)C=N1. The Morgan fingerprint density at radius 1 is 1.70 bits per heavy atom. The Labute approximate surface area is 62.1 Å². The number of hydrazine groups is 1. The molecule has 0 aromatic heterocycles. The number of hydrazone groups is 1. The van der Waals surface area contributed by atoms with Crippen molar-refractivity contribution in [3.8, 4) is 0 Å². The second-order valence-corrected chi connectivity index (χ2v) is 3.30. The van der Waals surface area contributed by atoms with E-state index in [1.807, 2.05) is 11.3 Å². The quantitative estimate of drug-likeness (QED) is 0.617. The minimum Gasteiger partial charge on any atom is -0.229 e. The minimum absolute atomic E-state index is 0.238. The van der Waals surface area contributed by atoms with Crippen molar-refractivity contribution < 1.29 is 0 Å². The van der Waals surface area contributed by atoms with Gasteiger partial charge in [0.25, 0.3) is 0 Å². The molecule has 1 aliphatic rings. The van der Waals surface area contributed by atoms with Crippen molar-refractivity contribution >= 4 is 6.21 Å². The first-order valence-corrected chi connectivity index (χ1v) is 3.70. The molecule has 10 heavy (non-hydrogen) atoms. The normalized spacial score (nSPS) is 22.1.